The summed E-state index contributed by atoms with van der Waals surface area (Å²) in [7, 11) is 0. The van der Waals surface area contributed by atoms with Crippen LogP contribution in [0.5, 0.6) is 5.75 Å². The van der Waals surface area contributed by atoms with Crippen molar-refractivity contribution in [2.24, 2.45) is 0 Å². The van der Waals surface area contributed by atoms with E-state index < -0.39 is 5.91 Å². The second kappa shape index (κ2) is 8.31. The summed E-state index contributed by atoms with van der Waals surface area (Å²) in [5.41, 5.74) is 2.76. The van der Waals surface area contributed by atoms with E-state index in [2.05, 4.69) is 5.32 Å². The Morgan fingerprint density at radius 1 is 1.32 bits per heavy atom. The van der Waals surface area contributed by atoms with E-state index in [1.165, 1.54) is 17.6 Å². The van der Waals surface area contributed by atoms with Gasteiger partial charge in [0.25, 0.3) is 5.91 Å². The van der Waals surface area contributed by atoms with Gasteiger partial charge in [0.15, 0.2) is 5.78 Å². The summed E-state index contributed by atoms with van der Waals surface area (Å²) in [4.78, 5) is 23.3. The minimum absolute atomic E-state index is 0.0283. The van der Waals surface area contributed by atoms with Crippen molar-refractivity contribution in [1.82, 2.24) is 10.8 Å². The maximum absolute atomic E-state index is 12.3. The largest absolute Gasteiger partial charge is 0.493 e. The van der Waals surface area contributed by atoms with Gasteiger partial charge in [-0.2, -0.15) is 0 Å². The van der Waals surface area contributed by atoms with E-state index in [1.807, 2.05) is 0 Å². The summed E-state index contributed by atoms with van der Waals surface area (Å²) in [5, 5.41) is 11.7. The van der Waals surface area contributed by atoms with E-state index in [0.29, 0.717) is 29.9 Å². The van der Waals surface area contributed by atoms with Gasteiger partial charge in [-0.25, -0.2) is 5.48 Å². The number of hydrogen-bond donors (Lipinski definition) is 3. The van der Waals surface area contributed by atoms with Crippen LogP contribution in [-0.2, 0) is 4.79 Å². The molecule has 1 aromatic rings. The number of rotatable bonds is 2. The highest BCUT2D eigenvalue weighted by Gasteiger charge is 2.14. The molecule has 3 N–H and O–H groups in total. The fourth-order valence-electron chi connectivity index (χ4n) is 2.22. The summed E-state index contributed by atoms with van der Waals surface area (Å²) in [6, 6.07) is 5.23. The van der Waals surface area contributed by atoms with Crippen LogP contribution >= 0.6 is 0 Å². The monoisotopic (exact) mass is 304 g/mol. The first kappa shape index (κ1) is 16.2. The topological polar surface area (TPSA) is 87.7 Å². The van der Waals surface area contributed by atoms with Crippen LogP contribution in [0.4, 0.5) is 0 Å². The van der Waals surface area contributed by atoms with Gasteiger partial charge < -0.3 is 10.1 Å². The Kier molecular flexibility index (Phi) is 6.12. The van der Waals surface area contributed by atoms with Gasteiger partial charge in [-0.05, 0) is 49.7 Å². The third-order valence-corrected chi connectivity index (χ3v) is 3.35. The van der Waals surface area contributed by atoms with Crippen LogP contribution in [0.25, 0.3) is 6.08 Å². The Morgan fingerprint density at radius 2 is 2.14 bits per heavy atom. The van der Waals surface area contributed by atoms with Crippen molar-refractivity contribution in [3.8, 4) is 5.75 Å². The Hall–Kier alpha value is -2.18. The second-order valence-electron chi connectivity index (χ2n) is 5.04. The van der Waals surface area contributed by atoms with Crippen molar-refractivity contribution in [2.75, 3.05) is 19.7 Å². The van der Waals surface area contributed by atoms with Gasteiger partial charge in [-0.15, -0.1) is 0 Å². The Bertz CT molecular complexity index is 569. The number of ether oxygens (including phenoxy) is 1. The van der Waals surface area contributed by atoms with Gasteiger partial charge in [0.2, 0.25) is 0 Å². The molecule has 0 radical (unpaired) electrons. The highest BCUT2D eigenvalue weighted by molar-refractivity contribution is 5.99. The lowest BCUT2D eigenvalue weighted by Gasteiger charge is -2.11. The molecule has 22 heavy (non-hydrogen) atoms. The molecule has 0 aromatic heterocycles. The van der Waals surface area contributed by atoms with Gasteiger partial charge in [0.1, 0.15) is 5.75 Å². The second-order valence-corrected chi connectivity index (χ2v) is 5.04. The number of ketones is 1. The molecule has 0 aliphatic carbocycles. The fraction of sp³-hybridized carbons (Fsp3) is 0.375. The van der Waals surface area contributed by atoms with Crippen LogP contribution < -0.4 is 15.5 Å². The average Bonchev–Trinajstić information content (AvgIpc) is 2.58. The lowest BCUT2D eigenvalue weighted by atomic mass is 10.0. The zero-order valence-electron chi connectivity index (χ0n) is 12.3. The lowest BCUT2D eigenvalue weighted by molar-refractivity contribution is -0.124. The van der Waals surface area contributed by atoms with Crippen molar-refractivity contribution >= 4 is 17.8 Å². The summed E-state index contributed by atoms with van der Waals surface area (Å²) in [5.74, 6) is -0.0126. The van der Waals surface area contributed by atoms with E-state index in [-0.39, 0.29) is 5.78 Å². The number of hydrogen-bond acceptors (Lipinski definition) is 5. The van der Waals surface area contributed by atoms with Gasteiger partial charge in [0.05, 0.1) is 12.2 Å². The van der Waals surface area contributed by atoms with Crippen molar-refractivity contribution in [3.63, 3.8) is 0 Å². The number of nitrogens with one attached hydrogen (secondary N) is 2. The molecule has 1 aromatic carbocycles. The van der Waals surface area contributed by atoms with Crippen LogP contribution in [0.1, 0.15) is 35.2 Å². The first-order chi connectivity index (χ1) is 10.7. The fourth-order valence-corrected chi connectivity index (χ4v) is 2.22. The Labute approximate surface area is 129 Å². The minimum Gasteiger partial charge on any atom is -0.493 e. The zero-order valence-corrected chi connectivity index (χ0v) is 12.3. The molecule has 1 aliphatic heterocycles. The smallest absolute Gasteiger partial charge is 0.267 e. The summed E-state index contributed by atoms with van der Waals surface area (Å²) >= 11 is 0. The van der Waals surface area contributed by atoms with E-state index in [0.717, 1.165) is 25.9 Å². The van der Waals surface area contributed by atoms with Crippen molar-refractivity contribution < 1.29 is 19.5 Å². The SMILES string of the molecule is O=C(/C=C/c1ccc2c(c1)C(=O)CCCNCCCO2)NO. The van der Waals surface area contributed by atoms with Crippen LogP contribution in [-0.4, -0.2) is 36.6 Å². The summed E-state index contributed by atoms with van der Waals surface area (Å²) < 4.78 is 5.69. The number of amides is 1. The Balaban J connectivity index is 2.23. The third kappa shape index (κ3) is 4.68. The quantitative estimate of drug-likeness (QED) is 0.438. The predicted molar refractivity (Wildman–Crippen MR) is 82.0 cm³/mol. The third-order valence-electron chi connectivity index (χ3n) is 3.35. The van der Waals surface area contributed by atoms with E-state index in [1.54, 1.807) is 18.2 Å². The van der Waals surface area contributed by atoms with E-state index in [4.69, 9.17) is 9.94 Å². The number of carbonyl (C=O) groups is 2. The lowest BCUT2D eigenvalue weighted by Crippen LogP contribution is -2.18. The molecule has 0 fully saturated rings. The van der Waals surface area contributed by atoms with Gasteiger partial charge >= 0.3 is 0 Å². The molecular weight excluding hydrogens is 284 g/mol. The Morgan fingerprint density at radius 3 is 2.95 bits per heavy atom. The molecule has 0 atom stereocenters. The first-order valence-electron chi connectivity index (χ1n) is 7.33. The molecule has 0 bridgehead atoms. The molecule has 2 rings (SSSR count). The first-order valence-corrected chi connectivity index (χ1v) is 7.33. The molecular formula is C16H20N2O4. The van der Waals surface area contributed by atoms with Crippen LogP contribution in [0.15, 0.2) is 24.3 Å². The minimum atomic E-state index is -0.620. The number of Topliss-reactive ketones (excluding diaryl/α,β-unsaturated/α-hetero) is 1. The highest BCUT2D eigenvalue weighted by Crippen LogP contribution is 2.23. The molecule has 0 saturated heterocycles. The molecule has 1 aliphatic rings. The molecule has 1 amide bonds. The zero-order chi connectivity index (χ0) is 15.8. The average molecular weight is 304 g/mol. The summed E-state index contributed by atoms with van der Waals surface area (Å²) in [6.45, 7) is 2.24. The van der Waals surface area contributed by atoms with E-state index >= 15 is 0 Å². The van der Waals surface area contributed by atoms with Crippen molar-refractivity contribution in [2.45, 2.75) is 19.3 Å². The summed E-state index contributed by atoms with van der Waals surface area (Å²) in [6.07, 6.45) is 4.85. The molecule has 0 spiro atoms. The van der Waals surface area contributed by atoms with Crippen molar-refractivity contribution in [3.05, 3.63) is 35.4 Å². The molecule has 0 unspecified atom stereocenters. The van der Waals surface area contributed by atoms with Gasteiger partial charge in [-0.1, -0.05) is 6.07 Å². The number of benzene rings is 1. The molecule has 0 saturated carbocycles. The maximum atomic E-state index is 12.3. The predicted octanol–water partition coefficient (Wildman–Crippen LogP) is 1.54. The van der Waals surface area contributed by atoms with Crippen LogP contribution in [0.2, 0.25) is 0 Å². The molecule has 6 heteroatoms. The van der Waals surface area contributed by atoms with E-state index in [9.17, 15) is 9.59 Å². The molecule has 1 heterocycles. The van der Waals surface area contributed by atoms with Gasteiger partial charge in [-0.3, -0.25) is 14.8 Å². The molecule has 6 nitrogen and oxygen atoms in total. The molecule has 118 valence electrons. The standard InChI is InChI=1S/C16H20N2O4/c19-14-3-1-8-17-9-2-10-22-15-6-4-12(11-13(14)15)5-7-16(20)18-21/h4-7,11,17,21H,1-3,8-10H2,(H,18,20)/b7-5+. The highest BCUT2D eigenvalue weighted by atomic mass is 16.5. The normalized spacial score (nSPS) is 16.5. The van der Waals surface area contributed by atoms with Crippen LogP contribution in [0, 0.1) is 0 Å². The number of hydroxylamine groups is 1. The van der Waals surface area contributed by atoms with Gasteiger partial charge in [0, 0.05) is 12.5 Å². The number of fused-ring (bicyclic) bond motifs is 1. The van der Waals surface area contributed by atoms with Crippen LogP contribution in [0.3, 0.4) is 0 Å². The van der Waals surface area contributed by atoms with Crippen molar-refractivity contribution in [1.29, 1.82) is 0 Å². The maximum Gasteiger partial charge on any atom is 0.267 e. The number of carbonyl (C=O) groups excluding carboxylic acids is 2.